The second-order valence-electron chi connectivity index (χ2n) is 24.8. The van der Waals surface area contributed by atoms with Gasteiger partial charge < -0.3 is 14.4 Å². The van der Waals surface area contributed by atoms with Gasteiger partial charge in [0.1, 0.15) is 0 Å². The highest BCUT2D eigenvalue weighted by molar-refractivity contribution is 7.00. The van der Waals surface area contributed by atoms with Gasteiger partial charge in [0.25, 0.3) is 6.71 Å². The highest BCUT2D eigenvalue weighted by atomic mass is 15.2. The Kier molecular flexibility index (Phi) is 13.4. The van der Waals surface area contributed by atoms with Crippen molar-refractivity contribution in [3.8, 4) is 95.5 Å². The highest BCUT2D eigenvalue weighted by Gasteiger charge is 2.44. The van der Waals surface area contributed by atoms with Crippen LogP contribution in [0.1, 0.15) is 5.56 Å². The van der Waals surface area contributed by atoms with Gasteiger partial charge in [0, 0.05) is 67.3 Å². The van der Waals surface area contributed by atoms with Crippen molar-refractivity contribution < 1.29 is 0 Å². The number of anilines is 6. The van der Waals surface area contributed by atoms with Crippen molar-refractivity contribution in [1.29, 1.82) is 0 Å². The maximum atomic E-state index is 5.19. The molecule has 0 fully saturated rings. The van der Waals surface area contributed by atoms with Crippen LogP contribution in [0.5, 0.6) is 0 Å². The molecule has 0 saturated heterocycles. The summed E-state index contributed by atoms with van der Waals surface area (Å²) in [6.07, 6.45) is 0. The fourth-order valence-electron chi connectivity index (χ4n) is 14.6. The molecule has 0 atom stereocenters. The smallest absolute Gasteiger partial charge is 0.252 e. The highest BCUT2D eigenvalue weighted by Crippen LogP contribution is 2.48. The zero-order chi connectivity index (χ0) is 62.9. The number of hydrogen-bond acceptors (Lipinski definition) is 5. The molecule has 0 unspecified atom stereocenters. The predicted octanol–water partition coefficient (Wildman–Crippen LogP) is 20.7. The van der Waals surface area contributed by atoms with Crippen LogP contribution >= 0.6 is 0 Å². The summed E-state index contributed by atoms with van der Waals surface area (Å²) in [4.78, 5) is 20.5. The molecule has 95 heavy (non-hydrogen) atoms. The van der Waals surface area contributed by atoms with E-state index in [1.165, 1.54) is 60.9 Å². The molecule has 0 bridgehead atoms. The van der Waals surface area contributed by atoms with Crippen molar-refractivity contribution >= 4 is 79.0 Å². The minimum absolute atomic E-state index is 0.141. The summed E-state index contributed by atoms with van der Waals surface area (Å²) in [5, 5.41) is 2.32. The van der Waals surface area contributed by atoms with Crippen LogP contribution in [0.3, 0.4) is 0 Å². The summed E-state index contributed by atoms with van der Waals surface area (Å²) in [6.45, 7) is 2.02. The molecule has 0 spiro atoms. The molecule has 7 heteroatoms. The molecular formula is C88H59BN6. The van der Waals surface area contributed by atoms with Crippen molar-refractivity contribution in [3.05, 3.63) is 345 Å². The first kappa shape index (κ1) is 55.4. The number of para-hydroxylation sites is 1. The third-order valence-corrected chi connectivity index (χ3v) is 19.0. The summed E-state index contributed by atoms with van der Waals surface area (Å²) in [6, 6.07) is 124. The molecule has 0 amide bonds. The van der Waals surface area contributed by atoms with Crippen LogP contribution < -0.4 is 26.2 Å². The van der Waals surface area contributed by atoms with Gasteiger partial charge in [-0.1, -0.05) is 255 Å². The number of rotatable bonds is 11. The average Bonchev–Trinajstić information content (AvgIpc) is 0.922. The summed E-state index contributed by atoms with van der Waals surface area (Å²) in [5.41, 5.74) is 29.2. The first-order chi connectivity index (χ1) is 47.0. The maximum absolute atomic E-state index is 5.19. The van der Waals surface area contributed by atoms with E-state index in [4.69, 9.17) is 15.0 Å². The quantitative estimate of drug-likeness (QED) is 0.121. The number of nitrogens with zero attached hydrogens (tertiary/aromatic N) is 6. The number of aromatic nitrogens is 4. The Labute approximate surface area is 552 Å². The summed E-state index contributed by atoms with van der Waals surface area (Å²) in [5.74, 6) is 1.87. The number of hydrogen-bond donors (Lipinski definition) is 0. The molecule has 4 heterocycles. The van der Waals surface area contributed by atoms with Gasteiger partial charge in [-0.25, -0.2) is 15.0 Å². The van der Waals surface area contributed by atoms with Gasteiger partial charge in [0.05, 0.1) is 11.0 Å². The average molecular weight is 1210 g/mol. The molecule has 0 aliphatic carbocycles. The van der Waals surface area contributed by atoms with Crippen molar-refractivity contribution in [2.24, 2.45) is 0 Å². The zero-order valence-corrected chi connectivity index (χ0v) is 52.1. The Balaban J connectivity index is 0.861. The predicted molar refractivity (Wildman–Crippen MR) is 396 cm³/mol. The van der Waals surface area contributed by atoms with E-state index in [9.17, 15) is 0 Å². The minimum Gasteiger partial charge on any atom is -0.311 e. The van der Waals surface area contributed by atoms with Gasteiger partial charge in [0.2, 0.25) is 0 Å². The van der Waals surface area contributed by atoms with Gasteiger partial charge in [0.15, 0.2) is 17.5 Å². The molecule has 2 aromatic heterocycles. The lowest BCUT2D eigenvalue weighted by Crippen LogP contribution is -2.61. The molecule has 0 N–H and O–H groups in total. The van der Waals surface area contributed by atoms with Gasteiger partial charge in [-0.05, 0) is 169 Å². The standard InChI is InChI=1S/C88H59BN6/c1-58-50-71(88-91-86(65-30-16-6-17-31-65)90-87(92-88)66-32-18-7-19-33-66)52-74(51-58)95-79-35-21-20-34-75(79)76-53-67(40-47-80(76)95)70-56-83-85-84(57-70)94(73-45-38-64(39-46-73)60-24-10-3-11-25-60)82-49-42-69(62-28-14-5-15-29-62)55-78(82)89(85)77-54-68(61-26-12-4-13-27-61)41-48-81(77)93(83)72-43-36-63(37-44-72)59-22-8-2-9-23-59/h2-57H,1H3. The van der Waals surface area contributed by atoms with E-state index >= 15 is 0 Å². The lowest BCUT2D eigenvalue weighted by Gasteiger charge is -2.44. The molecule has 2 aliphatic rings. The van der Waals surface area contributed by atoms with Crippen LogP contribution in [0, 0.1) is 6.92 Å². The maximum Gasteiger partial charge on any atom is 0.252 e. The van der Waals surface area contributed by atoms with E-state index in [0.29, 0.717) is 17.5 Å². The van der Waals surface area contributed by atoms with Crippen LogP contribution in [0.25, 0.3) is 117 Å². The van der Waals surface area contributed by atoms with Gasteiger partial charge in [-0.2, -0.15) is 0 Å². The Morgan fingerprint density at radius 1 is 0.242 bits per heavy atom. The lowest BCUT2D eigenvalue weighted by atomic mass is 9.33. The summed E-state index contributed by atoms with van der Waals surface area (Å²) in [7, 11) is 0. The van der Waals surface area contributed by atoms with Crippen molar-refractivity contribution in [2.75, 3.05) is 9.80 Å². The van der Waals surface area contributed by atoms with Gasteiger partial charge in [-0.3, -0.25) is 0 Å². The van der Waals surface area contributed by atoms with E-state index < -0.39 is 0 Å². The second kappa shape index (κ2) is 23.0. The third kappa shape index (κ3) is 9.80. The Hall–Kier alpha value is -12.4. The van der Waals surface area contributed by atoms with E-state index in [2.05, 4.69) is 325 Å². The summed E-state index contributed by atoms with van der Waals surface area (Å²) < 4.78 is 2.41. The summed E-state index contributed by atoms with van der Waals surface area (Å²) >= 11 is 0. The van der Waals surface area contributed by atoms with Crippen molar-refractivity contribution in [3.63, 3.8) is 0 Å². The SMILES string of the molecule is Cc1cc(-c2nc(-c3ccccc3)nc(-c3ccccc3)n2)cc(-n2c3ccccc3c3cc(-c4cc5c6c(c4)N(c4ccc(-c7ccccc7)cc4)c4ccc(-c7ccccc7)cc4B6c4cc(-c6ccccc6)ccc4N5c4ccc(-c5ccccc5)cc4)ccc32)c1. The molecule has 18 rings (SSSR count). The largest absolute Gasteiger partial charge is 0.311 e. The third-order valence-electron chi connectivity index (χ3n) is 19.0. The normalized spacial score (nSPS) is 12.2. The molecule has 0 radical (unpaired) electrons. The van der Waals surface area contributed by atoms with E-state index in [-0.39, 0.29) is 6.71 Å². The minimum atomic E-state index is -0.141. The number of fused-ring (bicyclic) bond motifs is 7. The fraction of sp³-hybridized carbons (Fsp3) is 0.0114. The first-order valence-corrected chi connectivity index (χ1v) is 32.5. The van der Waals surface area contributed by atoms with E-state index in [1.807, 2.05) is 36.4 Å². The van der Waals surface area contributed by atoms with Crippen molar-refractivity contribution in [1.82, 2.24) is 19.5 Å². The Morgan fingerprint density at radius 3 is 1.08 bits per heavy atom. The number of aryl methyl sites for hydroxylation is 1. The van der Waals surface area contributed by atoms with Gasteiger partial charge >= 0.3 is 0 Å². The first-order valence-electron chi connectivity index (χ1n) is 32.5. The monoisotopic (exact) mass is 1210 g/mol. The van der Waals surface area contributed by atoms with E-state index in [1.54, 1.807) is 0 Å². The Morgan fingerprint density at radius 2 is 0.611 bits per heavy atom. The van der Waals surface area contributed by atoms with Gasteiger partial charge in [-0.15, -0.1) is 0 Å². The van der Waals surface area contributed by atoms with Crippen LogP contribution in [-0.2, 0) is 0 Å². The molecule has 0 saturated carbocycles. The zero-order valence-electron chi connectivity index (χ0n) is 52.1. The number of benzene rings is 14. The molecule has 2 aliphatic heterocycles. The Bertz CT molecular complexity index is 5330. The lowest BCUT2D eigenvalue weighted by molar-refractivity contribution is 1.07. The van der Waals surface area contributed by atoms with Crippen LogP contribution in [0.15, 0.2) is 340 Å². The molecule has 14 aromatic carbocycles. The van der Waals surface area contributed by atoms with Crippen molar-refractivity contribution in [2.45, 2.75) is 6.92 Å². The molecule has 16 aromatic rings. The second-order valence-corrected chi connectivity index (χ2v) is 24.8. The fourth-order valence-corrected chi connectivity index (χ4v) is 14.6. The van der Waals surface area contributed by atoms with Crippen LogP contribution in [0.4, 0.5) is 34.1 Å². The molecule has 6 nitrogen and oxygen atoms in total. The van der Waals surface area contributed by atoms with Crippen LogP contribution in [-0.4, -0.2) is 26.2 Å². The van der Waals surface area contributed by atoms with Crippen LogP contribution in [0.2, 0.25) is 0 Å². The topological polar surface area (TPSA) is 50.1 Å². The van der Waals surface area contributed by atoms with E-state index in [0.717, 1.165) is 95.0 Å². The molecular weight excluding hydrogens is 1150 g/mol. The molecule has 444 valence electrons.